The first-order chi connectivity index (χ1) is 11.5. The van der Waals surface area contributed by atoms with Crippen LogP contribution >= 0.6 is 0 Å². The Bertz CT molecular complexity index is 773. The van der Waals surface area contributed by atoms with Crippen LogP contribution in [0.1, 0.15) is 36.0 Å². The second-order valence-corrected chi connectivity index (χ2v) is 7.12. The SMILES string of the molecule is CN(C1CC1)C1CCN(c2ccc(C(=O)O)c3nn(C)cc23)CC1. The van der Waals surface area contributed by atoms with Crippen molar-refractivity contribution >= 4 is 22.6 Å². The number of anilines is 1. The van der Waals surface area contributed by atoms with Gasteiger partial charge >= 0.3 is 5.97 Å². The molecule has 1 N–H and O–H groups in total. The standard InChI is InChI=1S/C18H24N4O2/c1-20-11-15-16(6-5-14(18(23)24)17(15)19-20)22-9-7-13(8-10-22)21(2)12-3-4-12/h5-6,11-13H,3-4,7-10H2,1-2H3,(H,23,24). The lowest BCUT2D eigenvalue weighted by Crippen LogP contribution is -2.44. The summed E-state index contributed by atoms with van der Waals surface area (Å²) in [6.07, 6.45) is 6.96. The van der Waals surface area contributed by atoms with Crippen molar-refractivity contribution in [2.75, 3.05) is 25.0 Å². The Kier molecular flexibility index (Phi) is 3.72. The number of nitrogens with zero attached hydrogens (tertiary/aromatic N) is 4. The molecule has 4 rings (SSSR count). The van der Waals surface area contributed by atoms with Gasteiger partial charge in [-0.2, -0.15) is 5.10 Å². The Morgan fingerprint density at radius 1 is 1.21 bits per heavy atom. The first-order valence-electron chi connectivity index (χ1n) is 8.71. The van der Waals surface area contributed by atoms with E-state index in [0.717, 1.165) is 43.0 Å². The van der Waals surface area contributed by atoms with Crippen molar-refractivity contribution in [1.82, 2.24) is 14.7 Å². The van der Waals surface area contributed by atoms with Crippen LogP contribution in [0.15, 0.2) is 18.3 Å². The average molecular weight is 328 g/mol. The predicted octanol–water partition coefficient (Wildman–Crippen LogP) is 2.33. The molecule has 1 saturated heterocycles. The van der Waals surface area contributed by atoms with Crippen LogP contribution in [0.4, 0.5) is 5.69 Å². The molecule has 2 aliphatic rings. The van der Waals surface area contributed by atoms with Gasteiger partial charge in [0.05, 0.1) is 5.56 Å². The van der Waals surface area contributed by atoms with E-state index in [1.807, 2.05) is 19.3 Å². The fourth-order valence-electron chi connectivity index (χ4n) is 3.95. The van der Waals surface area contributed by atoms with E-state index in [0.29, 0.717) is 11.6 Å². The lowest BCUT2D eigenvalue weighted by atomic mass is 10.0. The number of carboxylic acid groups (broad SMARTS) is 1. The van der Waals surface area contributed by atoms with Crippen LogP contribution in [0.25, 0.3) is 10.9 Å². The minimum absolute atomic E-state index is 0.276. The number of rotatable bonds is 4. The number of aromatic nitrogens is 2. The predicted molar refractivity (Wildman–Crippen MR) is 93.7 cm³/mol. The maximum atomic E-state index is 11.4. The maximum Gasteiger partial charge on any atom is 0.337 e. The van der Waals surface area contributed by atoms with Crippen molar-refractivity contribution in [2.45, 2.75) is 37.8 Å². The van der Waals surface area contributed by atoms with Gasteiger partial charge in [0.15, 0.2) is 0 Å². The molecular formula is C18H24N4O2. The molecule has 0 unspecified atom stereocenters. The van der Waals surface area contributed by atoms with E-state index in [1.165, 1.54) is 12.8 Å². The van der Waals surface area contributed by atoms with Gasteiger partial charge < -0.3 is 14.9 Å². The van der Waals surface area contributed by atoms with E-state index < -0.39 is 5.97 Å². The third-order valence-corrected chi connectivity index (χ3v) is 5.50. The van der Waals surface area contributed by atoms with Crippen molar-refractivity contribution < 1.29 is 9.90 Å². The van der Waals surface area contributed by atoms with Crippen molar-refractivity contribution in [3.8, 4) is 0 Å². The maximum absolute atomic E-state index is 11.4. The van der Waals surface area contributed by atoms with E-state index >= 15 is 0 Å². The lowest BCUT2D eigenvalue weighted by Gasteiger charge is -2.38. The molecule has 0 amide bonds. The fourth-order valence-corrected chi connectivity index (χ4v) is 3.95. The molecule has 1 aromatic carbocycles. The summed E-state index contributed by atoms with van der Waals surface area (Å²) in [5.74, 6) is -0.921. The Morgan fingerprint density at radius 3 is 2.50 bits per heavy atom. The highest BCUT2D eigenvalue weighted by Gasteiger charge is 2.33. The van der Waals surface area contributed by atoms with Crippen molar-refractivity contribution in [3.05, 3.63) is 23.9 Å². The summed E-state index contributed by atoms with van der Waals surface area (Å²) in [6.45, 7) is 2.02. The number of hydrogen-bond donors (Lipinski definition) is 1. The Morgan fingerprint density at radius 2 is 1.88 bits per heavy atom. The third-order valence-electron chi connectivity index (χ3n) is 5.50. The number of benzene rings is 1. The molecule has 0 spiro atoms. The van der Waals surface area contributed by atoms with Crippen LogP contribution in [0, 0.1) is 0 Å². The summed E-state index contributed by atoms with van der Waals surface area (Å²) in [5.41, 5.74) is 1.97. The highest BCUT2D eigenvalue weighted by Crippen LogP contribution is 2.34. The van der Waals surface area contributed by atoms with E-state index in [-0.39, 0.29) is 5.56 Å². The van der Waals surface area contributed by atoms with Gasteiger partial charge in [-0.3, -0.25) is 4.68 Å². The smallest absolute Gasteiger partial charge is 0.337 e. The molecule has 6 nitrogen and oxygen atoms in total. The third kappa shape index (κ3) is 2.65. The quantitative estimate of drug-likeness (QED) is 0.933. The number of aromatic carboxylic acids is 1. The average Bonchev–Trinajstić information content (AvgIpc) is 3.34. The van der Waals surface area contributed by atoms with E-state index in [4.69, 9.17) is 0 Å². The number of fused-ring (bicyclic) bond motifs is 1. The fraction of sp³-hybridized carbons (Fsp3) is 0.556. The van der Waals surface area contributed by atoms with Crippen LogP contribution in [-0.4, -0.2) is 58.0 Å². The highest BCUT2D eigenvalue weighted by atomic mass is 16.4. The molecule has 0 bridgehead atoms. The first-order valence-corrected chi connectivity index (χ1v) is 8.71. The summed E-state index contributed by atoms with van der Waals surface area (Å²) in [6, 6.07) is 5.12. The van der Waals surface area contributed by atoms with Crippen LogP contribution in [-0.2, 0) is 7.05 Å². The van der Waals surface area contributed by atoms with Crippen molar-refractivity contribution in [3.63, 3.8) is 0 Å². The molecule has 2 aromatic rings. The molecule has 0 radical (unpaired) electrons. The van der Waals surface area contributed by atoms with Crippen LogP contribution in [0.3, 0.4) is 0 Å². The molecule has 1 aliphatic carbocycles. The molecule has 0 atom stereocenters. The number of hydrogen-bond acceptors (Lipinski definition) is 4. The monoisotopic (exact) mass is 328 g/mol. The van der Waals surface area contributed by atoms with E-state index in [2.05, 4.69) is 21.9 Å². The zero-order chi connectivity index (χ0) is 16.8. The number of aryl methyl sites for hydroxylation is 1. The first kappa shape index (κ1) is 15.4. The molecule has 2 fully saturated rings. The Hall–Kier alpha value is -2.08. The second kappa shape index (κ2) is 5.77. The minimum atomic E-state index is -0.921. The van der Waals surface area contributed by atoms with Gasteiger partial charge in [0.1, 0.15) is 5.52 Å². The van der Waals surface area contributed by atoms with Crippen LogP contribution in [0.2, 0.25) is 0 Å². The van der Waals surface area contributed by atoms with Crippen molar-refractivity contribution in [1.29, 1.82) is 0 Å². The van der Waals surface area contributed by atoms with Gasteiger partial charge in [0.2, 0.25) is 0 Å². The van der Waals surface area contributed by atoms with E-state index in [9.17, 15) is 9.90 Å². The van der Waals surface area contributed by atoms with Gasteiger partial charge in [-0.05, 0) is 44.9 Å². The molecular weight excluding hydrogens is 304 g/mol. The number of carbonyl (C=O) groups is 1. The summed E-state index contributed by atoms with van der Waals surface area (Å²) < 4.78 is 1.70. The highest BCUT2D eigenvalue weighted by molar-refractivity contribution is 6.06. The lowest BCUT2D eigenvalue weighted by molar-refractivity contribution is 0.0699. The molecule has 1 aliphatic heterocycles. The van der Waals surface area contributed by atoms with E-state index in [1.54, 1.807) is 10.7 Å². The largest absolute Gasteiger partial charge is 0.478 e. The summed E-state index contributed by atoms with van der Waals surface area (Å²) in [4.78, 5) is 16.4. The van der Waals surface area contributed by atoms with Crippen LogP contribution < -0.4 is 4.90 Å². The molecule has 24 heavy (non-hydrogen) atoms. The number of piperidine rings is 1. The van der Waals surface area contributed by atoms with Gasteiger partial charge in [0, 0.05) is 49.5 Å². The molecule has 2 heterocycles. The molecule has 1 aromatic heterocycles. The minimum Gasteiger partial charge on any atom is -0.478 e. The van der Waals surface area contributed by atoms with Crippen molar-refractivity contribution in [2.24, 2.45) is 7.05 Å². The van der Waals surface area contributed by atoms with Gasteiger partial charge in [-0.25, -0.2) is 4.79 Å². The normalized spacial score (nSPS) is 19.4. The summed E-state index contributed by atoms with van der Waals surface area (Å²) in [5, 5.41) is 14.7. The Balaban J connectivity index is 1.59. The number of carboxylic acids is 1. The zero-order valence-electron chi connectivity index (χ0n) is 14.3. The molecule has 128 valence electrons. The molecule has 6 heteroatoms. The van der Waals surface area contributed by atoms with Gasteiger partial charge in [-0.1, -0.05) is 0 Å². The molecule has 1 saturated carbocycles. The van der Waals surface area contributed by atoms with Gasteiger partial charge in [0.25, 0.3) is 0 Å². The summed E-state index contributed by atoms with van der Waals surface area (Å²) >= 11 is 0. The summed E-state index contributed by atoms with van der Waals surface area (Å²) in [7, 11) is 4.10. The second-order valence-electron chi connectivity index (χ2n) is 7.12. The topological polar surface area (TPSA) is 61.6 Å². The zero-order valence-corrected chi connectivity index (χ0v) is 14.3. The van der Waals surface area contributed by atoms with Gasteiger partial charge in [-0.15, -0.1) is 0 Å². The Labute approximate surface area is 141 Å². The van der Waals surface area contributed by atoms with Crippen LogP contribution in [0.5, 0.6) is 0 Å².